The molecule has 0 radical (unpaired) electrons. The lowest BCUT2D eigenvalue weighted by atomic mass is 9.94. The maximum Gasteiger partial charge on any atom is 0.257 e. The van der Waals surface area contributed by atoms with Crippen LogP contribution in [-0.4, -0.2) is 30.3 Å². The topological polar surface area (TPSA) is 51.2 Å². The van der Waals surface area contributed by atoms with Gasteiger partial charge in [-0.15, -0.1) is 0 Å². The van der Waals surface area contributed by atoms with Gasteiger partial charge in [-0.3, -0.25) is 4.79 Å². The molecule has 0 amide bonds. The minimum Gasteiger partial charge on any atom is -0.500 e. The Morgan fingerprint density at radius 2 is 1.90 bits per heavy atom. The standard InChI is InChI=1S/C25H28F3NO2.C5H4FN.C2H6.H2/c1-16(12-23(31-4)25(9-10-25)24(3,27)28)11-21(30)13-19-8-7-18(14-22(19)26)20-6-5-17(2)29-15-20;6-5-3-1-2-4-7-5;1-2;/h5-8,12,14,29H,1,9-11,13,15H2,2-4H3;1-4H;1-2H3;1H/b23-12-;;;. The third-order valence-corrected chi connectivity index (χ3v) is 6.57. The van der Waals surface area contributed by atoms with E-state index in [0.29, 0.717) is 30.5 Å². The molecule has 1 N–H and O–H groups in total. The molecule has 2 aliphatic rings. The molecule has 218 valence electrons. The molecule has 1 aromatic carbocycles. The van der Waals surface area contributed by atoms with Crippen LogP contribution in [0.2, 0.25) is 0 Å². The average Bonchev–Trinajstić information content (AvgIpc) is 3.73. The van der Waals surface area contributed by atoms with E-state index in [1.807, 2.05) is 32.9 Å². The normalized spacial score (nSPS) is 15.6. The second-order valence-corrected chi connectivity index (χ2v) is 9.59. The van der Waals surface area contributed by atoms with Gasteiger partial charge in [-0.1, -0.05) is 44.7 Å². The highest BCUT2D eigenvalue weighted by molar-refractivity contribution is 5.83. The quantitative estimate of drug-likeness (QED) is 0.145. The van der Waals surface area contributed by atoms with Gasteiger partial charge >= 0.3 is 0 Å². The molecule has 2 heterocycles. The summed E-state index contributed by atoms with van der Waals surface area (Å²) in [4.78, 5) is 15.8. The SMILES string of the molecule is C=C(/C=C(\OC)C1(C(C)(F)F)CC1)CC(=O)Cc1ccc(C2=CC=C(C)NC2)cc1F.CC.Fc1ccccn1.[HH]. The molecule has 0 atom stereocenters. The number of hydrogen-bond donors (Lipinski definition) is 1. The fourth-order valence-corrected chi connectivity index (χ4v) is 4.19. The first-order valence-electron chi connectivity index (χ1n) is 13.3. The van der Waals surface area contributed by atoms with Crippen molar-refractivity contribution in [1.82, 2.24) is 10.3 Å². The Bertz CT molecular complexity index is 1260. The minimum absolute atomic E-state index is 0. The fraction of sp³-hybridized carbons (Fsp3) is 0.375. The summed E-state index contributed by atoms with van der Waals surface area (Å²) < 4.78 is 59.5. The molecule has 1 aliphatic carbocycles. The van der Waals surface area contributed by atoms with Crippen LogP contribution >= 0.6 is 0 Å². The van der Waals surface area contributed by atoms with Crippen LogP contribution in [0.15, 0.2) is 84.4 Å². The number of allylic oxidation sites excluding steroid dienone is 6. The van der Waals surface area contributed by atoms with E-state index >= 15 is 0 Å². The van der Waals surface area contributed by atoms with Crippen LogP contribution in [0.5, 0.6) is 0 Å². The van der Waals surface area contributed by atoms with Gasteiger partial charge in [0.15, 0.2) is 0 Å². The number of benzene rings is 1. The number of Topliss-reactive ketones (excluding diaryl/α,β-unsaturated/α-hetero) is 1. The van der Waals surface area contributed by atoms with Crippen LogP contribution < -0.4 is 5.32 Å². The number of rotatable bonds is 9. The summed E-state index contributed by atoms with van der Waals surface area (Å²) in [7, 11) is 1.35. The van der Waals surface area contributed by atoms with Crippen molar-refractivity contribution in [2.75, 3.05) is 13.7 Å². The highest BCUT2D eigenvalue weighted by Gasteiger charge is 2.62. The Kier molecular flexibility index (Phi) is 11.9. The van der Waals surface area contributed by atoms with Crippen molar-refractivity contribution in [3.63, 3.8) is 0 Å². The lowest BCUT2D eigenvalue weighted by Gasteiger charge is -2.25. The summed E-state index contributed by atoms with van der Waals surface area (Å²) in [5.41, 5.74) is 2.13. The number of nitrogens with zero attached hydrogens (tertiary/aromatic N) is 1. The number of carbonyl (C=O) groups is 1. The molecule has 4 rings (SSSR count). The van der Waals surface area contributed by atoms with Crippen molar-refractivity contribution < 1.29 is 28.5 Å². The molecule has 0 unspecified atom stereocenters. The number of methoxy groups -OCH3 is 1. The lowest BCUT2D eigenvalue weighted by molar-refractivity contribution is -0.117. The number of ketones is 1. The van der Waals surface area contributed by atoms with Gasteiger partial charge < -0.3 is 10.1 Å². The molecule has 0 bridgehead atoms. The van der Waals surface area contributed by atoms with Crippen molar-refractivity contribution >= 4 is 11.4 Å². The zero-order chi connectivity index (χ0) is 29.9. The third kappa shape index (κ3) is 8.93. The molecule has 4 nitrogen and oxygen atoms in total. The van der Waals surface area contributed by atoms with Gasteiger partial charge in [0, 0.05) is 39.6 Å². The predicted octanol–water partition coefficient (Wildman–Crippen LogP) is 8.23. The molecular weight excluding hydrogens is 520 g/mol. The number of aromatic nitrogens is 1. The smallest absolute Gasteiger partial charge is 0.257 e. The highest BCUT2D eigenvalue weighted by Crippen LogP contribution is 2.61. The van der Waals surface area contributed by atoms with Crippen LogP contribution in [0, 0.1) is 17.2 Å². The van der Waals surface area contributed by atoms with Crippen LogP contribution in [0.3, 0.4) is 0 Å². The fourth-order valence-electron chi connectivity index (χ4n) is 4.19. The monoisotopic (exact) mass is 560 g/mol. The molecule has 0 saturated heterocycles. The molecular formula is C32H40F4N2O2. The molecule has 0 spiro atoms. The molecule has 8 heteroatoms. The molecule has 40 heavy (non-hydrogen) atoms. The van der Waals surface area contributed by atoms with E-state index < -0.39 is 23.1 Å². The van der Waals surface area contributed by atoms with Crippen molar-refractivity contribution in [3.8, 4) is 0 Å². The summed E-state index contributed by atoms with van der Waals surface area (Å²) in [5.74, 6) is -3.88. The van der Waals surface area contributed by atoms with E-state index in [9.17, 15) is 22.4 Å². The molecule has 1 aromatic heterocycles. The Morgan fingerprint density at radius 3 is 2.35 bits per heavy atom. The summed E-state index contributed by atoms with van der Waals surface area (Å²) >= 11 is 0. The van der Waals surface area contributed by atoms with Crippen LogP contribution in [0.1, 0.15) is 59.5 Å². The average molecular weight is 561 g/mol. The predicted molar refractivity (Wildman–Crippen MR) is 154 cm³/mol. The first kappa shape index (κ1) is 32.5. The van der Waals surface area contributed by atoms with E-state index in [-0.39, 0.29) is 25.8 Å². The van der Waals surface area contributed by atoms with E-state index in [1.54, 1.807) is 24.3 Å². The van der Waals surface area contributed by atoms with Crippen molar-refractivity contribution in [3.05, 3.63) is 107 Å². The second-order valence-electron chi connectivity index (χ2n) is 9.59. The zero-order valence-electron chi connectivity index (χ0n) is 23.8. The maximum atomic E-state index is 14.6. The van der Waals surface area contributed by atoms with Crippen LogP contribution in [0.25, 0.3) is 5.57 Å². The van der Waals surface area contributed by atoms with Gasteiger partial charge in [-0.25, -0.2) is 18.2 Å². The van der Waals surface area contributed by atoms with E-state index in [0.717, 1.165) is 23.8 Å². The number of alkyl halides is 2. The van der Waals surface area contributed by atoms with Gasteiger partial charge in [0.1, 0.15) is 17.4 Å². The van der Waals surface area contributed by atoms with E-state index in [1.165, 1.54) is 31.5 Å². The summed E-state index contributed by atoms with van der Waals surface area (Å²) in [6.45, 7) is 11.3. The summed E-state index contributed by atoms with van der Waals surface area (Å²) in [5, 5.41) is 3.21. The maximum absolute atomic E-state index is 14.6. The Hall–Kier alpha value is -3.68. The number of pyridine rings is 1. The van der Waals surface area contributed by atoms with Crippen LogP contribution in [-0.2, 0) is 16.0 Å². The Balaban J connectivity index is 0.000000724. The van der Waals surface area contributed by atoms with E-state index in [4.69, 9.17) is 4.74 Å². The zero-order valence-corrected chi connectivity index (χ0v) is 23.8. The van der Waals surface area contributed by atoms with Gasteiger partial charge in [-0.2, -0.15) is 4.39 Å². The van der Waals surface area contributed by atoms with Crippen molar-refractivity contribution in [2.45, 2.75) is 59.3 Å². The Morgan fingerprint density at radius 1 is 1.20 bits per heavy atom. The molecule has 1 aliphatic heterocycles. The second kappa shape index (κ2) is 14.6. The molecule has 1 saturated carbocycles. The van der Waals surface area contributed by atoms with Crippen molar-refractivity contribution in [2.24, 2.45) is 5.41 Å². The van der Waals surface area contributed by atoms with Gasteiger partial charge in [0.25, 0.3) is 5.92 Å². The largest absolute Gasteiger partial charge is 0.500 e. The van der Waals surface area contributed by atoms with Crippen molar-refractivity contribution in [1.29, 1.82) is 0 Å². The number of ether oxygens (including phenoxy) is 1. The summed E-state index contributed by atoms with van der Waals surface area (Å²) in [6.07, 6.45) is 7.23. The third-order valence-electron chi connectivity index (χ3n) is 6.57. The number of halogens is 4. The highest BCUT2D eigenvalue weighted by atomic mass is 19.3. The van der Waals surface area contributed by atoms with Gasteiger partial charge in [0.2, 0.25) is 5.95 Å². The summed E-state index contributed by atoms with van der Waals surface area (Å²) in [6, 6.07) is 9.42. The lowest BCUT2D eigenvalue weighted by Crippen LogP contribution is -2.28. The van der Waals surface area contributed by atoms with Gasteiger partial charge in [0.05, 0.1) is 12.5 Å². The molecule has 2 aromatic rings. The number of hydrogen-bond acceptors (Lipinski definition) is 4. The van der Waals surface area contributed by atoms with Gasteiger partial charge in [-0.05, 0) is 72.4 Å². The number of dihydropyridines is 1. The van der Waals surface area contributed by atoms with E-state index in [2.05, 4.69) is 16.9 Å². The Labute approximate surface area is 236 Å². The first-order chi connectivity index (χ1) is 18.9. The number of nitrogens with one attached hydrogen (secondary N) is 1. The first-order valence-corrected chi connectivity index (χ1v) is 13.3. The van der Waals surface area contributed by atoms with Crippen LogP contribution in [0.4, 0.5) is 17.6 Å². The minimum atomic E-state index is -2.91. The number of carbonyl (C=O) groups excluding carboxylic acids is 1. The molecule has 1 fully saturated rings.